The van der Waals surface area contributed by atoms with Gasteiger partial charge in [-0.1, -0.05) is 6.58 Å². The minimum Gasteiger partial charge on any atom is -0.323 e. The Morgan fingerprint density at radius 2 is 1.92 bits per heavy atom. The molecule has 1 atom stereocenters. The Balaban J connectivity index is 1.91. The first-order valence-electron chi connectivity index (χ1n) is 7.21. The number of imide groups is 2. The summed E-state index contributed by atoms with van der Waals surface area (Å²) in [5.74, 6) is -2.76. The molecule has 2 heterocycles. The Labute approximate surface area is 136 Å². The summed E-state index contributed by atoms with van der Waals surface area (Å²) >= 11 is 0. The number of anilines is 1. The predicted molar refractivity (Wildman–Crippen MR) is 81.9 cm³/mol. The number of hydrogen-bond donors (Lipinski definition) is 2. The van der Waals surface area contributed by atoms with Crippen molar-refractivity contribution in [2.24, 2.45) is 0 Å². The number of nitrogens with zero attached hydrogens (tertiary/aromatic N) is 1. The number of amides is 5. The summed E-state index contributed by atoms with van der Waals surface area (Å²) in [6.45, 7) is 3.33. The number of hydrogen-bond acceptors (Lipinski definition) is 5. The highest BCUT2D eigenvalue weighted by molar-refractivity contribution is 6.24. The normalized spacial score (nSPS) is 19.8. The van der Waals surface area contributed by atoms with Gasteiger partial charge in [0.05, 0.1) is 11.1 Å². The van der Waals surface area contributed by atoms with E-state index < -0.39 is 35.6 Å². The maximum Gasteiger partial charge on any atom is 0.262 e. The van der Waals surface area contributed by atoms with Crippen molar-refractivity contribution >= 4 is 35.2 Å². The largest absolute Gasteiger partial charge is 0.323 e. The van der Waals surface area contributed by atoms with E-state index in [1.807, 2.05) is 0 Å². The Bertz CT molecular complexity index is 814. The van der Waals surface area contributed by atoms with Gasteiger partial charge in [0.1, 0.15) is 6.04 Å². The van der Waals surface area contributed by atoms with Gasteiger partial charge in [-0.15, -0.1) is 0 Å². The molecule has 1 aromatic carbocycles. The van der Waals surface area contributed by atoms with Crippen molar-refractivity contribution in [3.63, 3.8) is 0 Å². The molecule has 8 nitrogen and oxygen atoms in total. The Kier molecular flexibility index (Phi) is 3.72. The molecule has 8 heteroatoms. The zero-order valence-electron chi connectivity index (χ0n) is 12.5. The van der Waals surface area contributed by atoms with E-state index in [0.29, 0.717) is 5.69 Å². The number of carbonyl (C=O) groups is 5. The van der Waals surface area contributed by atoms with Crippen LogP contribution in [-0.2, 0) is 14.4 Å². The van der Waals surface area contributed by atoms with Gasteiger partial charge in [0.25, 0.3) is 11.8 Å². The molecule has 1 aromatic rings. The van der Waals surface area contributed by atoms with Gasteiger partial charge in [-0.2, -0.15) is 0 Å². The summed E-state index contributed by atoms with van der Waals surface area (Å²) in [4.78, 5) is 60.4. The summed E-state index contributed by atoms with van der Waals surface area (Å²) in [5, 5.41) is 4.63. The molecule has 122 valence electrons. The van der Waals surface area contributed by atoms with Crippen molar-refractivity contribution in [1.29, 1.82) is 0 Å². The molecule has 0 saturated carbocycles. The van der Waals surface area contributed by atoms with Crippen molar-refractivity contribution in [3.8, 4) is 0 Å². The number of piperidine rings is 1. The standard InChI is InChI=1S/C16H13N3O5/c1-2-12(20)17-8-3-4-9-10(7-8)16(24)19(15(9)23)11-5-6-13(21)18-14(11)22/h2-4,7,11H,1,5-6H2,(H,17,20)(H,18,21,22). The first-order chi connectivity index (χ1) is 11.4. The van der Waals surface area contributed by atoms with Crippen LogP contribution in [0.3, 0.4) is 0 Å². The predicted octanol–water partition coefficient (Wildman–Crippen LogP) is 0.212. The number of fused-ring (bicyclic) bond motifs is 1. The van der Waals surface area contributed by atoms with E-state index in [1.54, 1.807) is 0 Å². The molecule has 3 rings (SSSR count). The Hall–Kier alpha value is -3.29. The number of carbonyl (C=O) groups excluding carboxylic acids is 5. The summed E-state index contributed by atoms with van der Waals surface area (Å²) < 4.78 is 0. The van der Waals surface area contributed by atoms with E-state index in [2.05, 4.69) is 17.2 Å². The molecule has 1 saturated heterocycles. The second kappa shape index (κ2) is 5.73. The fourth-order valence-corrected chi connectivity index (χ4v) is 2.74. The summed E-state index contributed by atoms with van der Waals surface area (Å²) in [7, 11) is 0. The molecule has 0 bridgehead atoms. The quantitative estimate of drug-likeness (QED) is 0.609. The third-order valence-corrected chi connectivity index (χ3v) is 3.89. The van der Waals surface area contributed by atoms with Gasteiger partial charge in [0.2, 0.25) is 17.7 Å². The van der Waals surface area contributed by atoms with Crippen LogP contribution in [0.4, 0.5) is 5.69 Å². The Morgan fingerprint density at radius 3 is 2.58 bits per heavy atom. The Morgan fingerprint density at radius 1 is 1.21 bits per heavy atom. The molecule has 0 aromatic heterocycles. The monoisotopic (exact) mass is 327 g/mol. The van der Waals surface area contributed by atoms with Crippen molar-refractivity contribution in [2.75, 3.05) is 5.32 Å². The number of rotatable bonds is 3. The van der Waals surface area contributed by atoms with Crippen LogP contribution >= 0.6 is 0 Å². The molecule has 5 amide bonds. The molecule has 0 spiro atoms. The lowest BCUT2D eigenvalue weighted by Gasteiger charge is -2.27. The van der Waals surface area contributed by atoms with Crippen LogP contribution in [-0.4, -0.2) is 40.5 Å². The van der Waals surface area contributed by atoms with Crippen molar-refractivity contribution in [3.05, 3.63) is 42.0 Å². The molecular formula is C16H13N3O5. The lowest BCUT2D eigenvalue weighted by atomic mass is 10.0. The lowest BCUT2D eigenvalue weighted by molar-refractivity contribution is -0.136. The van der Waals surface area contributed by atoms with E-state index >= 15 is 0 Å². The SMILES string of the molecule is C=CC(=O)Nc1ccc2c(c1)C(=O)N(C1CCC(=O)NC1=O)C2=O. The van der Waals surface area contributed by atoms with Crippen molar-refractivity contribution in [2.45, 2.75) is 18.9 Å². The highest BCUT2D eigenvalue weighted by atomic mass is 16.2. The molecular weight excluding hydrogens is 314 g/mol. The first kappa shape index (κ1) is 15.6. The first-order valence-corrected chi connectivity index (χ1v) is 7.21. The van der Waals surface area contributed by atoms with Gasteiger partial charge < -0.3 is 5.32 Å². The molecule has 0 aliphatic carbocycles. The zero-order valence-corrected chi connectivity index (χ0v) is 12.5. The smallest absolute Gasteiger partial charge is 0.262 e. The average molecular weight is 327 g/mol. The van der Waals surface area contributed by atoms with Crippen LogP contribution in [0.2, 0.25) is 0 Å². The zero-order chi connectivity index (χ0) is 17.4. The van der Waals surface area contributed by atoms with Crippen LogP contribution < -0.4 is 10.6 Å². The lowest BCUT2D eigenvalue weighted by Crippen LogP contribution is -2.54. The fourth-order valence-electron chi connectivity index (χ4n) is 2.74. The topological polar surface area (TPSA) is 113 Å². The van der Waals surface area contributed by atoms with E-state index in [-0.39, 0.29) is 24.0 Å². The number of nitrogens with one attached hydrogen (secondary N) is 2. The van der Waals surface area contributed by atoms with Crippen LogP contribution in [0.15, 0.2) is 30.9 Å². The van der Waals surface area contributed by atoms with Crippen molar-refractivity contribution in [1.82, 2.24) is 10.2 Å². The van der Waals surface area contributed by atoms with Gasteiger partial charge in [-0.05, 0) is 30.7 Å². The van der Waals surface area contributed by atoms with Crippen LogP contribution in [0, 0.1) is 0 Å². The van der Waals surface area contributed by atoms with Crippen LogP contribution in [0.1, 0.15) is 33.6 Å². The highest BCUT2D eigenvalue weighted by Gasteiger charge is 2.44. The highest BCUT2D eigenvalue weighted by Crippen LogP contribution is 2.29. The summed E-state index contributed by atoms with van der Waals surface area (Å²) in [5.41, 5.74) is 0.595. The molecule has 24 heavy (non-hydrogen) atoms. The van der Waals surface area contributed by atoms with Gasteiger partial charge >= 0.3 is 0 Å². The van der Waals surface area contributed by atoms with Gasteiger partial charge in [0, 0.05) is 12.1 Å². The molecule has 1 fully saturated rings. The second-order valence-electron chi connectivity index (χ2n) is 5.40. The van der Waals surface area contributed by atoms with E-state index in [0.717, 1.165) is 11.0 Å². The van der Waals surface area contributed by atoms with E-state index in [9.17, 15) is 24.0 Å². The maximum atomic E-state index is 12.5. The maximum absolute atomic E-state index is 12.5. The molecule has 0 radical (unpaired) electrons. The third-order valence-electron chi connectivity index (χ3n) is 3.89. The van der Waals surface area contributed by atoms with Gasteiger partial charge in [-0.25, -0.2) is 0 Å². The van der Waals surface area contributed by atoms with E-state index in [1.165, 1.54) is 18.2 Å². The van der Waals surface area contributed by atoms with Crippen molar-refractivity contribution < 1.29 is 24.0 Å². The fraction of sp³-hybridized carbons (Fsp3) is 0.188. The van der Waals surface area contributed by atoms with Crippen LogP contribution in [0.25, 0.3) is 0 Å². The second-order valence-corrected chi connectivity index (χ2v) is 5.40. The van der Waals surface area contributed by atoms with Gasteiger partial charge in [-0.3, -0.25) is 34.2 Å². The molecule has 1 unspecified atom stereocenters. The minimum atomic E-state index is -1.01. The van der Waals surface area contributed by atoms with E-state index in [4.69, 9.17) is 0 Å². The number of benzene rings is 1. The van der Waals surface area contributed by atoms with Crippen LogP contribution in [0.5, 0.6) is 0 Å². The summed E-state index contributed by atoms with van der Waals surface area (Å²) in [6, 6.07) is 3.27. The van der Waals surface area contributed by atoms with Gasteiger partial charge in [0.15, 0.2) is 0 Å². The molecule has 2 aliphatic heterocycles. The molecule has 2 aliphatic rings. The molecule has 2 N–H and O–H groups in total. The average Bonchev–Trinajstić information content (AvgIpc) is 2.79. The summed E-state index contributed by atoms with van der Waals surface area (Å²) in [6.07, 6.45) is 1.23. The minimum absolute atomic E-state index is 0.0600. The third kappa shape index (κ3) is 2.47.